The zero-order chi connectivity index (χ0) is 21.8. The van der Waals surface area contributed by atoms with Crippen LogP contribution in [0.5, 0.6) is 5.75 Å². The Balaban J connectivity index is 1.45. The topological polar surface area (TPSA) is 78.6 Å². The van der Waals surface area contributed by atoms with Crippen LogP contribution >= 0.6 is 0 Å². The molecule has 0 amide bonds. The molecule has 1 unspecified atom stereocenters. The van der Waals surface area contributed by atoms with Crippen molar-refractivity contribution in [1.29, 1.82) is 0 Å². The number of likely N-dealkylation sites (tertiary alicyclic amines) is 1. The Labute approximate surface area is 176 Å². The summed E-state index contributed by atoms with van der Waals surface area (Å²) >= 11 is 0. The first-order valence-corrected chi connectivity index (χ1v) is 10.3. The van der Waals surface area contributed by atoms with E-state index in [0.717, 1.165) is 19.0 Å². The standard InChI is InChI=1S/C21H23F3N6O/c1-29-12-14(11-20(29)6-2-3-7-20)26-17-19-25-8-9-30(19)18(28-27-17)15-5-4-13(10-16(15)31)21(22,23)24/h4-5,8-10,14,31H,2-3,6-7,11-12H2,1H3,(H,26,27). The second-order valence-corrected chi connectivity index (χ2v) is 8.58. The van der Waals surface area contributed by atoms with Gasteiger partial charge < -0.3 is 10.4 Å². The van der Waals surface area contributed by atoms with Crippen LogP contribution < -0.4 is 5.32 Å². The molecule has 5 rings (SSSR count). The van der Waals surface area contributed by atoms with Gasteiger partial charge in [-0.3, -0.25) is 9.30 Å². The third kappa shape index (κ3) is 3.38. The van der Waals surface area contributed by atoms with Gasteiger partial charge in [0.25, 0.3) is 0 Å². The molecule has 10 heteroatoms. The smallest absolute Gasteiger partial charge is 0.416 e. The zero-order valence-electron chi connectivity index (χ0n) is 17.0. The summed E-state index contributed by atoms with van der Waals surface area (Å²) in [4.78, 5) is 6.80. The van der Waals surface area contributed by atoms with E-state index in [2.05, 4.69) is 32.4 Å². The molecule has 1 atom stereocenters. The highest BCUT2D eigenvalue weighted by Gasteiger charge is 2.45. The van der Waals surface area contributed by atoms with Crippen LogP contribution in [0.2, 0.25) is 0 Å². The van der Waals surface area contributed by atoms with Crippen LogP contribution in [0, 0.1) is 0 Å². The summed E-state index contributed by atoms with van der Waals surface area (Å²) in [5.74, 6) is 0.231. The maximum Gasteiger partial charge on any atom is 0.416 e. The predicted molar refractivity (Wildman–Crippen MR) is 109 cm³/mol. The predicted octanol–water partition coefficient (Wildman–Crippen LogP) is 3.94. The number of phenolic OH excluding ortho intramolecular Hbond substituents is 1. The lowest BCUT2D eigenvalue weighted by molar-refractivity contribution is -0.137. The zero-order valence-corrected chi connectivity index (χ0v) is 17.0. The normalized spacial score (nSPS) is 21.4. The monoisotopic (exact) mass is 432 g/mol. The minimum atomic E-state index is -4.54. The van der Waals surface area contributed by atoms with E-state index in [1.165, 1.54) is 31.7 Å². The first-order valence-electron chi connectivity index (χ1n) is 10.3. The van der Waals surface area contributed by atoms with E-state index in [0.29, 0.717) is 17.5 Å². The number of nitrogens with one attached hydrogen (secondary N) is 1. The fourth-order valence-corrected chi connectivity index (χ4v) is 5.13. The summed E-state index contributed by atoms with van der Waals surface area (Å²) in [6, 6.07) is 3.02. The molecule has 3 aromatic rings. The van der Waals surface area contributed by atoms with Crippen LogP contribution in [0.3, 0.4) is 0 Å². The minimum absolute atomic E-state index is 0.153. The van der Waals surface area contributed by atoms with Crippen LogP contribution in [0.4, 0.5) is 19.0 Å². The number of likely N-dealkylation sites (N-methyl/N-ethyl adjacent to an activating group) is 1. The maximum atomic E-state index is 12.9. The molecular formula is C21H23F3N6O. The number of aromatic hydroxyl groups is 1. The summed E-state index contributed by atoms with van der Waals surface area (Å²) in [5.41, 5.74) is -0.00379. The summed E-state index contributed by atoms with van der Waals surface area (Å²) < 4.78 is 40.4. The lowest BCUT2D eigenvalue weighted by Gasteiger charge is -2.31. The summed E-state index contributed by atoms with van der Waals surface area (Å²) in [7, 11) is 2.17. The largest absolute Gasteiger partial charge is 0.507 e. The van der Waals surface area contributed by atoms with Crippen molar-refractivity contribution in [2.24, 2.45) is 0 Å². The molecule has 7 nitrogen and oxygen atoms in total. The van der Waals surface area contributed by atoms with Crippen LogP contribution in [-0.2, 0) is 6.18 Å². The average molecular weight is 432 g/mol. The molecule has 1 saturated carbocycles. The van der Waals surface area contributed by atoms with E-state index in [-0.39, 0.29) is 23.0 Å². The van der Waals surface area contributed by atoms with Crippen molar-refractivity contribution in [2.75, 3.05) is 18.9 Å². The molecule has 0 radical (unpaired) electrons. The minimum Gasteiger partial charge on any atom is -0.507 e. The van der Waals surface area contributed by atoms with Crippen molar-refractivity contribution in [1.82, 2.24) is 24.5 Å². The SMILES string of the molecule is CN1CC(Nc2nnc(-c3ccc(C(F)(F)F)cc3O)n3ccnc23)CC12CCCC2. The van der Waals surface area contributed by atoms with Gasteiger partial charge in [0, 0.05) is 30.5 Å². The number of benzene rings is 1. The van der Waals surface area contributed by atoms with Crippen molar-refractivity contribution in [2.45, 2.75) is 49.9 Å². The third-order valence-electron chi connectivity index (χ3n) is 6.70. The molecule has 1 aliphatic carbocycles. The van der Waals surface area contributed by atoms with E-state index in [1.54, 1.807) is 16.8 Å². The Morgan fingerprint density at radius 3 is 2.68 bits per heavy atom. The molecule has 3 heterocycles. The number of phenols is 1. The Hall–Kier alpha value is -2.88. The van der Waals surface area contributed by atoms with Gasteiger partial charge in [0.1, 0.15) is 5.75 Å². The van der Waals surface area contributed by atoms with Gasteiger partial charge in [-0.05, 0) is 44.5 Å². The molecule has 2 aromatic heterocycles. The first-order chi connectivity index (χ1) is 14.8. The van der Waals surface area contributed by atoms with E-state index >= 15 is 0 Å². The number of rotatable bonds is 3. The van der Waals surface area contributed by atoms with Crippen LogP contribution in [0.25, 0.3) is 17.0 Å². The first kappa shape index (κ1) is 20.0. The van der Waals surface area contributed by atoms with Gasteiger partial charge in [-0.1, -0.05) is 12.8 Å². The second kappa shape index (κ2) is 7.08. The van der Waals surface area contributed by atoms with E-state index < -0.39 is 17.5 Å². The van der Waals surface area contributed by atoms with E-state index in [9.17, 15) is 18.3 Å². The number of hydrogen-bond acceptors (Lipinski definition) is 6. The number of fused-ring (bicyclic) bond motifs is 1. The number of halogens is 3. The summed E-state index contributed by atoms with van der Waals surface area (Å²) in [6.07, 6.45) is 4.65. The van der Waals surface area contributed by atoms with E-state index in [1.807, 2.05) is 0 Å². The van der Waals surface area contributed by atoms with Crippen LogP contribution in [0.15, 0.2) is 30.6 Å². The number of aromatic nitrogens is 4. The average Bonchev–Trinajstić information content (AvgIpc) is 3.44. The van der Waals surface area contributed by atoms with Crippen molar-refractivity contribution < 1.29 is 18.3 Å². The molecule has 164 valence electrons. The van der Waals surface area contributed by atoms with Gasteiger partial charge in [0.2, 0.25) is 0 Å². The molecule has 1 spiro atoms. The molecule has 2 N–H and O–H groups in total. The molecule has 2 fully saturated rings. The highest BCUT2D eigenvalue weighted by Crippen LogP contribution is 2.43. The Morgan fingerprint density at radius 1 is 1.19 bits per heavy atom. The van der Waals surface area contributed by atoms with Crippen molar-refractivity contribution in [3.8, 4) is 17.1 Å². The van der Waals surface area contributed by atoms with Crippen LogP contribution in [0.1, 0.15) is 37.7 Å². The lowest BCUT2D eigenvalue weighted by atomic mass is 9.93. The molecule has 31 heavy (non-hydrogen) atoms. The number of imidazole rings is 1. The van der Waals surface area contributed by atoms with Crippen molar-refractivity contribution in [3.05, 3.63) is 36.2 Å². The molecular weight excluding hydrogens is 409 g/mol. The van der Waals surface area contributed by atoms with Gasteiger partial charge in [-0.2, -0.15) is 13.2 Å². The Bertz CT molecular complexity index is 1120. The fourth-order valence-electron chi connectivity index (χ4n) is 5.13. The fraction of sp³-hybridized carbons (Fsp3) is 0.476. The van der Waals surface area contributed by atoms with E-state index in [4.69, 9.17) is 0 Å². The number of nitrogens with zero attached hydrogens (tertiary/aromatic N) is 5. The second-order valence-electron chi connectivity index (χ2n) is 8.58. The number of hydrogen-bond donors (Lipinski definition) is 2. The molecule has 0 bridgehead atoms. The van der Waals surface area contributed by atoms with Gasteiger partial charge in [0.15, 0.2) is 17.3 Å². The van der Waals surface area contributed by atoms with Gasteiger partial charge in [-0.25, -0.2) is 4.98 Å². The Kier molecular flexibility index (Phi) is 4.58. The lowest BCUT2D eigenvalue weighted by Crippen LogP contribution is -2.37. The quantitative estimate of drug-likeness (QED) is 0.653. The third-order valence-corrected chi connectivity index (χ3v) is 6.70. The van der Waals surface area contributed by atoms with Crippen LogP contribution in [-0.4, -0.2) is 54.8 Å². The molecule has 2 aliphatic rings. The van der Waals surface area contributed by atoms with Gasteiger partial charge in [0.05, 0.1) is 11.1 Å². The molecule has 1 aromatic carbocycles. The Morgan fingerprint density at radius 2 is 1.97 bits per heavy atom. The van der Waals surface area contributed by atoms with Gasteiger partial charge >= 0.3 is 6.18 Å². The summed E-state index contributed by atoms with van der Waals surface area (Å²) in [5, 5.41) is 22.2. The number of anilines is 1. The molecule has 1 aliphatic heterocycles. The maximum absolute atomic E-state index is 12.9. The van der Waals surface area contributed by atoms with Crippen molar-refractivity contribution in [3.63, 3.8) is 0 Å². The highest BCUT2D eigenvalue weighted by atomic mass is 19.4. The highest BCUT2D eigenvalue weighted by molar-refractivity contribution is 5.71. The van der Waals surface area contributed by atoms with Gasteiger partial charge in [-0.15, -0.1) is 10.2 Å². The molecule has 1 saturated heterocycles. The summed E-state index contributed by atoms with van der Waals surface area (Å²) in [6.45, 7) is 0.899. The van der Waals surface area contributed by atoms with Crippen molar-refractivity contribution >= 4 is 11.5 Å². The number of alkyl halides is 3.